The van der Waals surface area contributed by atoms with Crippen LogP contribution in [0.15, 0.2) is 23.0 Å². The van der Waals surface area contributed by atoms with Crippen LogP contribution in [-0.2, 0) is 6.42 Å². The summed E-state index contributed by atoms with van der Waals surface area (Å²) in [6, 6.07) is 5.35. The van der Waals surface area contributed by atoms with Crippen LogP contribution in [0.25, 0.3) is 5.78 Å². The van der Waals surface area contributed by atoms with E-state index in [1.54, 1.807) is 26.4 Å². The second-order valence-corrected chi connectivity index (χ2v) is 4.55. The number of nitrogens with zero attached hydrogens (tertiary/aromatic N) is 4. The quantitative estimate of drug-likeness (QED) is 0.696. The number of nitrogen functional groups attached to an aromatic ring is 1. The fourth-order valence-electron chi connectivity index (χ4n) is 2.10. The number of ether oxygens (including phenoxy) is 2. The molecule has 2 aromatic heterocycles. The zero-order valence-corrected chi connectivity index (χ0v) is 12.0. The van der Waals surface area contributed by atoms with Gasteiger partial charge in [0.15, 0.2) is 0 Å². The Morgan fingerprint density at radius 1 is 1.27 bits per heavy atom. The summed E-state index contributed by atoms with van der Waals surface area (Å²) in [5.74, 6) is 1.58. The molecule has 114 valence electrons. The molecule has 0 saturated carbocycles. The van der Waals surface area contributed by atoms with Crippen molar-refractivity contribution in [2.45, 2.75) is 6.42 Å². The van der Waals surface area contributed by atoms with Gasteiger partial charge in [0, 0.05) is 18.1 Å². The van der Waals surface area contributed by atoms with Gasteiger partial charge in [-0.05, 0) is 6.07 Å². The van der Waals surface area contributed by atoms with Crippen molar-refractivity contribution in [3.05, 3.63) is 39.8 Å². The van der Waals surface area contributed by atoms with E-state index >= 15 is 0 Å². The molecule has 0 bridgehead atoms. The van der Waals surface area contributed by atoms with Crippen LogP contribution < -0.4 is 20.8 Å². The number of methoxy groups -OCH3 is 2. The van der Waals surface area contributed by atoms with Crippen molar-refractivity contribution in [2.24, 2.45) is 0 Å². The molecule has 1 aromatic carbocycles. The zero-order valence-electron chi connectivity index (χ0n) is 12.0. The Kier molecular flexibility index (Phi) is 3.37. The summed E-state index contributed by atoms with van der Waals surface area (Å²) in [5.41, 5.74) is 6.38. The Balaban J connectivity index is 2.04. The molecule has 0 radical (unpaired) electrons. The third-order valence-corrected chi connectivity index (χ3v) is 3.23. The summed E-state index contributed by atoms with van der Waals surface area (Å²) in [5, 5.41) is 11.6. The highest BCUT2D eigenvalue weighted by atomic mass is 16.5. The molecular weight excluding hydrogens is 288 g/mol. The molecule has 0 unspecified atom stereocenters. The maximum atomic E-state index is 12.1. The van der Waals surface area contributed by atoms with E-state index in [1.807, 2.05) is 6.07 Å². The second-order valence-electron chi connectivity index (χ2n) is 4.55. The van der Waals surface area contributed by atoms with Crippen molar-refractivity contribution in [2.75, 3.05) is 20.0 Å². The molecule has 9 heteroatoms. The lowest BCUT2D eigenvalue weighted by Crippen LogP contribution is -2.19. The van der Waals surface area contributed by atoms with E-state index in [-0.39, 0.29) is 29.4 Å². The van der Waals surface area contributed by atoms with Crippen LogP contribution in [0.1, 0.15) is 11.3 Å². The third kappa shape index (κ3) is 2.32. The lowest BCUT2D eigenvalue weighted by molar-refractivity contribution is 0.391. The molecule has 3 N–H and O–H groups in total. The largest absolute Gasteiger partial charge is 0.497 e. The second kappa shape index (κ2) is 5.35. The summed E-state index contributed by atoms with van der Waals surface area (Å²) in [6.45, 7) is 0. The van der Waals surface area contributed by atoms with Gasteiger partial charge in [0.1, 0.15) is 17.2 Å². The Labute approximate surface area is 124 Å². The number of nitrogens with two attached hydrogens (primary N) is 1. The summed E-state index contributed by atoms with van der Waals surface area (Å²) < 4.78 is 11.8. The van der Waals surface area contributed by atoms with Gasteiger partial charge < -0.3 is 15.2 Å². The first kappa shape index (κ1) is 13.9. The molecule has 0 fully saturated rings. The van der Waals surface area contributed by atoms with Gasteiger partial charge in [-0.2, -0.15) is 9.61 Å². The number of nitrogens with one attached hydrogen (secondary N) is 1. The average molecular weight is 302 g/mol. The highest BCUT2D eigenvalue weighted by Crippen LogP contribution is 2.25. The first-order valence-corrected chi connectivity index (χ1v) is 6.43. The van der Waals surface area contributed by atoms with Gasteiger partial charge in [0.2, 0.25) is 5.95 Å². The van der Waals surface area contributed by atoms with E-state index in [1.165, 1.54) is 4.52 Å². The average Bonchev–Trinajstić information content (AvgIpc) is 2.88. The Morgan fingerprint density at radius 3 is 2.82 bits per heavy atom. The van der Waals surface area contributed by atoms with E-state index in [0.717, 1.165) is 5.56 Å². The molecule has 22 heavy (non-hydrogen) atoms. The summed E-state index contributed by atoms with van der Waals surface area (Å²) in [7, 11) is 3.13. The van der Waals surface area contributed by atoms with Gasteiger partial charge in [-0.15, -0.1) is 10.2 Å². The fourth-order valence-corrected chi connectivity index (χ4v) is 2.10. The minimum atomic E-state index is -0.349. The summed E-state index contributed by atoms with van der Waals surface area (Å²) in [4.78, 5) is 14.6. The van der Waals surface area contributed by atoms with Crippen LogP contribution >= 0.6 is 0 Å². The van der Waals surface area contributed by atoms with E-state index in [2.05, 4.69) is 20.3 Å². The first-order valence-electron chi connectivity index (χ1n) is 6.43. The SMILES string of the molecule is COc1ccc(Cc2nn3c(N)nnc3[nH]c2=O)c(OC)c1. The fraction of sp³-hybridized carbons (Fsp3) is 0.231. The number of H-pyrrole nitrogens is 1. The number of fused-ring (bicyclic) bond motifs is 1. The van der Waals surface area contributed by atoms with Crippen LogP contribution in [-0.4, -0.2) is 39.0 Å². The molecule has 2 heterocycles. The molecule has 0 saturated heterocycles. The molecule has 0 spiro atoms. The minimum Gasteiger partial charge on any atom is -0.497 e. The third-order valence-electron chi connectivity index (χ3n) is 3.23. The van der Waals surface area contributed by atoms with Crippen molar-refractivity contribution >= 4 is 11.7 Å². The smallest absolute Gasteiger partial charge is 0.274 e. The number of anilines is 1. The maximum Gasteiger partial charge on any atom is 0.274 e. The van der Waals surface area contributed by atoms with Gasteiger partial charge in [-0.3, -0.25) is 9.78 Å². The van der Waals surface area contributed by atoms with Crippen molar-refractivity contribution in [1.29, 1.82) is 0 Å². The number of benzene rings is 1. The molecule has 0 amide bonds. The van der Waals surface area contributed by atoms with Crippen molar-refractivity contribution in [3.63, 3.8) is 0 Å². The van der Waals surface area contributed by atoms with Crippen molar-refractivity contribution < 1.29 is 9.47 Å². The molecule has 0 aliphatic heterocycles. The Hall–Kier alpha value is -3.10. The van der Waals surface area contributed by atoms with Gasteiger partial charge in [0.05, 0.1) is 14.2 Å². The molecule has 3 aromatic rings. The maximum absolute atomic E-state index is 12.1. The van der Waals surface area contributed by atoms with Crippen molar-refractivity contribution in [1.82, 2.24) is 24.8 Å². The summed E-state index contributed by atoms with van der Waals surface area (Å²) in [6.07, 6.45) is 0.274. The summed E-state index contributed by atoms with van der Waals surface area (Å²) >= 11 is 0. The number of hydrogen-bond donors (Lipinski definition) is 2. The van der Waals surface area contributed by atoms with Crippen LogP contribution in [0.4, 0.5) is 5.95 Å². The van der Waals surface area contributed by atoms with E-state index in [4.69, 9.17) is 15.2 Å². The topological polar surface area (TPSA) is 120 Å². The van der Waals surface area contributed by atoms with Gasteiger partial charge >= 0.3 is 0 Å². The molecular formula is C13H14N6O3. The van der Waals surface area contributed by atoms with Crippen LogP contribution in [0.3, 0.4) is 0 Å². The van der Waals surface area contributed by atoms with Crippen LogP contribution in [0.2, 0.25) is 0 Å². The van der Waals surface area contributed by atoms with Gasteiger partial charge in [0.25, 0.3) is 11.3 Å². The highest BCUT2D eigenvalue weighted by Gasteiger charge is 2.13. The number of aromatic amines is 1. The first-order chi connectivity index (χ1) is 10.6. The lowest BCUT2D eigenvalue weighted by Gasteiger charge is -2.09. The molecule has 0 aliphatic carbocycles. The molecule has 3 rings (SSSR count). The highest BCUT2D eigenvalue weighted by molar-refractivity contribution is 5.42. The van der Waals surface area contributed by atoms with E-state index in [0.29, 0.717) is 11.5 Å². The molecule has 0 aliphatic rings. The normalized spacial score (nSPS) is 10.8. The van der Waals surface area contributed by atoms with Crippen LogP contribution in [0.5, 0.6) is 11.5 Å². The van der Waals surface area contributed by atoms with Crippen molar-refractivity contribution in [3.8, 4) is 11.5 Å². The lowest BCUT2D eigenvalue weighted by atomic mass is 10.1. The molecule has 0 atom stereocenters. The van der Waals surface area contributed by atoms with Gasteiger partial charge in [-0.1, -0.05) is 6.07 Å². The predicted octanol–water partition coefficient (Wildman–Crippen LogP) is 0.00280. The minimum absolute atomic E-state index is 0.106. The number of rotatable bonds is 4. The standard InChI is InChI=1S/C13H14N6O3/c1-21-8-4-3-7(10(6-8)22-2)5-9-11(20)15-13-17-16-12(14)19(13)18-9/h3-4,6H,5H2,1-2H3,(H2,14,16)(H,15,17,20). The number of hydrogen-bond acceptors (Lipinski definition) is 7. The number of aromatic nitrogens is 5. The van der Waals surface area contributed by atoms with E-state index in [9.17, 15) is 4.79 Å². The van der Waals surface area contributed by atoms with Gasteiger partial charge in [-0.25, -0.2) is 0 Å². The monoisotopic (exact) mass is 302 g/mol. The van der Waals surface area contributed by atoms with E-state index < -0.39 is 0 Å². The zero-order chi connectivity index (χ0) is 15.7. The molecule has 9 nitrogen and oxygen atoms in total. The van der Waals surface area contributed by atoms with Crippen LogP contribution in [0, 0.1) is 0 Å². The predicted molar refractivity (Wildman–Crippen MR) is 78.2 cm³/mol. The Bertz CT molecular complexity index is 885. The Morgan fingerprint density at radius 2 is 2.09 bits per heavy atom.